The fraction of sp³-hybridized carbons (Fsp3) is 0.909. The molecule has 2 aliphatic rings. The fourth-order valence-electron chi connectivity index (χ4n) is 3.30. The van der Waals surface area contributed by atoms with E-state index in [-0.39, 0.29) is 5.92 Å². The quantitative estimate of drug-likeness (QED) is 0.618. The number of rotatable bonds is 0. The Morgan fingerprint density at radius 3 is 2.92 bits per heavy atom. The van der Waals surface area contributed by atoms with Crippen molar-refractivity contribution in [2.75, 3.05) is 0 Å². The van der Waals surface area contributed by atoms with Crippen LogP contribution in [-0.2, 0) is 0 Å². The normalized spacial score (nSPS) is 49.8. The van der Waals surface area contributed by atoms with Crippen molar-refractivity contribution in [1.82, 2.24) is 0 Å². The molecule has 2 saturated carbocycles. The van der Waals surface area contributed by atoms with E-state index in [1.165, 1.54) is 0 Å². The highest BCUT2D eigenvalue weighted by Gasteiger charge is 2.45. The van der Waals surface area contributed by atoms with Crippen molar-refractivity contribution in [3.8, 4) is 6.07 Å². The number of aliphatic hydroxyl groups is 1. The van der Waals surface area contributed by atoms with Crippen LogP contribution in [0.25, 0.3) is 0 Å². The van der Waals surface area contributed by atoms with Gasteiger partial charge in [-0.15, -0.1) is 0 Å². The minimum absolute atomic E-state index is 0.195. The predicted molar refractivity (Wildman–Crippen MR) is 49.8 cm³/mol. The van der Waals surface area contributed by atoms with Crippen LogP contribution in [0.15, 0.2) is 0 Å². The first-order valence-electron chi connectivity index (χ1n) is 5.27. The monoisotopic (exact) mass is 179 g/mol. The minimum Gasteiger partial charge on any atom is -0.390 e. The Bertz CT molecular complexity index is 241. The van der Waals surface area contributed by atoms with Crippen molar-refractivity contribution in [3.63, 3.8) is 0 Å². The Kier molecular flexibility index (Phi) is 2.08. The van der Waals surface area contributed by atoms with Gasteiger partial charge in [0.2, 0.25) is 0 Å². The molecule has 13 heavy (non-hydrogen) atoms. The number of nitrogens with zero attached hydrogens (tertiary/aromatic N) is 1. The van der Waals surface area contributed by atoms with Crippen LogP contribution < -0.4 is 0 Å². The molecule has 0 saturated heterocycles. The zero-order valence-corrected chi connectivity index (χ0v) is 8.16. The van der Waals surface area contributed by atoms with Gasteiger partial charge in [-0.3, -0.25) is 0 Å². The summed E-state index contributed by atoms with van der Waals surface area (Å²) in [4.78, 5) is 0. The van der Waals surface area contributed by atoms with E-state index in [0.717, 1.165) is 32.1 Å². The van der Waals surface area contributed by atoms with E-state index in [4.69, 9.17) is 5.26 Å². The van der Waals surface area contributed by atoms with E-state index in [9.17, 15) is 5.11 Å². The number of hydrogen-bond donors (Lipinski definition) is 1. The van der Waals surface area contributed by atoms with Crippen molar-refractivity contribution in [1.29, 1.82) is 5.26 Å². The maximum Gasteiger partial charge on any atom is 0.0661 e. The molecule has 0 heterocycles. The molecule has 4 atom stereocenters. The lowest BCUT2D eigenvalue weighted by Crippen LogP contribution is -2.45. The topological polar surface area (TPSA) is 44.0 Å². The second kappa shape index (κ2) is 2.99. The molecule has 2 heteroatoms. The summed E-state index contributed by atoms with van der Waals surface area (Å²) in [6, 6.07) is 2.42. The molecule has 0 aromatic carbocycles. The van der Waals surface area contributed by atoms with Crippen molar-refractivity contribution in [2.24, 2.45) is 17.8 Å². The second-order valence-corrected chi connectivity index (χ2v) is 4.92. The van der Waals surface area contributed by atoms with Gasteiger partial charge < -0.3 is 5.11 Å². The summed E-state index contributed by atoms with van der Waals surface area (Å²) in [5.74, 6) is 1.04. The van der Waals surface area contributed by atoms with E-state index < -0.39 is 5.60 Å². The Balaban J connectivity index is 2.19. The highest BCUT2D eigenvalue weighted by atomic mass is 16.3. The summed E-state index contributed by atoms with van der Waals surface area (Å²) in [7, 11) is 0. The standard InChI is InChI=1S/C11H17NO/c1-8-5-11(13)4-2-3-9(6-11)10(8)7-12/h8-10,13H,2-6H2,1H3. The summed E-state index contributed by atoms with van der Waals surface area (Å²) in [5, 5.41) is 19.2. The first-order valence-corrected chi connectivity index (χ1v) is 5.27. The Morgan fingerprint density at radius 1 is 1.46 bits per heavy atom. The highest BCUT2D eigenvalue weighted by Crippen LogP contribution is 2.47. The maximum absolute atomic E-state index is 10.2. The molecule has 2 rings (SSSR count). The number of nitriles is 1. The van der Waals surface area contributed by atoms with E-state index in [1.54, 1.807) is 0 Å². The zero-order valence-electron chi connectivity index (χ0n) is 8.16. The zero-order chi connectivity index (χ0) is 9.47. The lowest BCUT2D eigenvalue weighted by molar-refractivity contribution is -0.0783. The molecule has 0 amide bonds. The van der Waals surface area contributed by atoms with E-state index in [1.807, 2.05) is 0 Å². The summed E-state index contributed by atoms with van der Waals surface area (Å²) >= 11 is 0. The van der Waals surface area contributed by atoms with Crippen LogP contribution >= 0.6 is 0 Å². The second-order valence-electron chi connectivity index (χ2n) is 4.92. The molecule has 4 unspecified atom stereocenters. The smallest absolute Gasteiger partial charge is 0.0661 e. The van der Waals surface area contributed by atoms with Gasteiger partial charge in [0.25, 0.3) is 0 Å². The van der Waals surface area contributed by atoms with Crippen LogP contribution in [0.5, 0.6) is 0 Å². The van der Waals surface area contributed by atoms with Gasteiger partial charge in [0.15, 0.2) is 0 Å². The molecule has 0 aromatic rings. The van der Waals surface area contributed by atoms with Gasteiger partial charge in [0, 0.05) is 0 Å². The van der Waals surface area contributed by atoms with Gasteiger partial charge in [-0.1, -0.05) is 13.3 Å². The molecule has 0 aliphatic heterocycles. The van der Waals surface area contributed by atoms with Crippen LogP contribution in [0.1, 0.15) is 39.0 Å². The van der Waals surface area contributed by atoms with Crippen LogP contribution in [-0.4, -0.2) is 10.7 Å². The summed E-state index contributed by atoms with van der Waals surface area (Å²) < 4.78 is 0. The highest BCUT2D eigenvalue weighted by molar-refractivity contribution is 5.03. The third kappa shape index (κ3) is 1.46. The maximum atomic E-state index is 10.2. The molecule has 2 bridgehead atoms. The molecule has 0 aromatic heterocycles. The third-order valence-electron chi connectivity index (χ3n) is 3.83. The van der Waals surface area contributed by atoms with Crippen LogP contribution in [0.2, 0.25) is 0 Å². The van der Waals surface area contributed by atoms with Gasteiger partial charge in [0.1, 0.15) is 0 Å². The third-order valence-corrected chi connectivity index (χ3v) is 3.83. The molecular weight excluding hydrogens is 162 g/mol. The molecule has 0 radical (unpaired) electrons. The molecule has 2 fully saturated rings. The van der Waals surface area contributed by atoms with Crippen molar-refractivity contribution >= 4 is 0 Å². The average Bonchev–Trinajstić information content (AvgIpc) is 2.02. The minimum atomic E-state index is -0.421. The van der Waals surface area contributed by atoms with Gasteiger partial charge in [-0.25, -0.2) is 0 Å². The number of fused-ring (bicyclic) bond motifs is 2. The fourth-order valence-corrected chi connectivity index (χ4v) is 3.30. The lowest BCUT2D eigenvalue weighted by atomic mass is 9.61. The average molecular weight is 179 g/mol. The SMILES string of the molecule is CC1CC2(O)CCCC(C2)C1C#N. The van der Waals surface area contributed by atoms with E-state index in [0.29, 0.717) is 11.8 Å². The van der Waals surface area contributed by atoms with Crippen molar-refractivity contribution in [2.45, 2.75) is 44.6 Å². The van der Waals surface area contributed by atoms with Crippen LogP contribution in [0.3, 0.4) is 0 Å². The molecule has 2 aliphatic carbocycles. The van der Waals surface area contributed by atoms with Crippen LogP contribution in [0, 0.1) is 29.1 Å². The summed E-state index contributed by atoms with van der Waals surface area (Å²) in [6.45, 7) is 2.11. The van der Waals surface area contributed by atoms with Crippen LogP contribution in [0.4, 0.5) is 0 Å². The Morgan fingerprint density at radius 2 is 2.23 bits per heavy atom. The Hall–Kier alpha value is -0.550. The first-order chi connectivity index (χ1) is 6.14. The predicted octanol–water partition coefficient (Wildman–Crippen LogP) is 2.09. The van der Waals surface area contributed by atoms with E-state index >= 15 is 0 Å². The van der Waals surface area contributed by atoms with Gasteiger partial charge in [-0.05, 0) is 37.5 Å². The van der Waals surface area contributed by atoms with Gasteiger partial charge in [0.05, 0.1) is 17.6 Å². The molecular formula is C11H17NO. The summed E-state index contributed by atoms with van der Waals surface area (Å²) in [5.41, 5.74) is -0.421. The molecule has 2 nitrogen and oxygen atoms in total. The molecule has 0 spiro atoms. The van der Waals surface area contributed by atoms with Gasteiger partial charge in [-0.2, -0.15) is 5.26 Å². The Labute approximate surface area is 79.6 Å². The molecule has 72 valence electrons. The summed E-state index contributed by atoms with van der Waals surface area (Å²) in [6.07, 6.45) is 4.90. The van der Waals surface area contributed by atoms with Crippen molar-refractivity contribution in [3.05, 3.63) is 0 Å². The van der Waals surface area contributed by atoms with Crippen molar-refractivity contribution < 1.29 is 5.11 Å². The number of hydrogen-bond acceptors (Lipinski definition) is 2. The largest absolute Gasteiger partial charge is 0.390 e. The molecule has 1 N–H and O–H groups in total. The first kappa shape index (κ1) is 9.02. The van der Waals surface area contributed by atoms with E-state index in [2.05, 4.69) is 13.0 Å². The van der Waals surface area contributed by atoms with Gasteiger partial charge >= 0.3 is 0 Å². The lowest BCUT2D eigenvalue weighted by Gasteiger charge is -2.46.